The summed E-state index contributed by atoms with van der Waals surface area (Å²) in [6, 6.07) is 0. The molecular formula is C18H32NO4+. The van der Waals surface area contributed by atoms with Gasteiger partial charge in [0.05, 0.1) is 30.9 Å². The van der Waals surface area contributed by atoms with Gasteiger partial charge in [-0.1, -0.05) is 14.9 Å². The largest absolute Gasteiger partial charge is 0.492 e. The van der Waals surface area contributed by atoms with Gasteiger partial charge in [0, 0.05) is 30.4 Å². The Labute approximate surface area is 140 Å². The highest BCUT2D eigenvalue weighted by Gasteiger charge is 2.43. The van der Waals surface area contributed by atoms with Crippen LogP contribution in [0.5, 0.6) is 5.75 Å². The fourth-order valence-corrected chi connectivity index (χ4v) is 2.87. The Balaban J connectivity index is 0.00000132. The molecule has 0 amide bonds. The minimum Gasteiger partial charge on any atom is -0.492 e. The highest BCUT2D eigenvalue weighted by Crippen LogP contribution is 2.39. The van der Waals surface area contributed by atoms with Crippen LogP contribution in [0.1, 0.15) is 50.9 Å². The minimum atomic E-state index is -0.270. The molecule has 1 aromatic rings. The van der Waals surface area contributed by atoms with Gasteiger partial charge in [-0.2, -0.15) is 0 Å². The Hall–Kier alpha value is -1.33. The third-order valence-electron chi connectivity index (χ3n) is 4.64. The first-order valence-corrected chi connectivity index (χ1v) is 7.63. The normalized spacial score (nSPS) is 19.4. The number of aryl methyl sites for hydroxylation is 1. The first-order chi connectivity index (χ1) is 10.0. The SMILES string of the molecule is C.C.Cc1c[n+](O)c(C)c(C)c1OCC1COC2(CCC2)OC1. The van der Waals surface area contributed by atoms with Crippen LogP contribution in [-0.2, 0) is 9.47 Å². The van der Waals surface area contributed by atoms with Crippen LogP contribution in [0.15, 0.2) is 6.20 Å². The van der Waals surface area contributed by atoms with Crippen LogP contribution in [0.4, 0.5) is 0 Å². The highest BCUT2D eigenvalue weighted by molar-refractivity contribution is 5.38. The van der Waals surface area contributed by atoms with E-state index in [-0.39, 0.29) is 26.6 Å². The van der Waals surface area contributed by atoms with E-state index < -0.39 is 0 Å². The van der Waals surface area contributed by atoms with Crippen molar-refractivity contribution < 1.29 is 24.1 Å². The zero-order valence-corrected chi connectivity index (χ0v) is 13.0. The molecule has 1 saturated carbocycles. The molecule has 5 heteroatoms. The Morgan fingerprint density at radius 3 is 2.35 bits per heavy atom. The molecule has 3 rings (SSSR count). The van der Waals surface area contributed by atoms with Gasteiger partial charge in [0.25, 0.3) is 0 Å². The van der Waals surface area contributed by atoms with E-state index in [1.807, 2.05) is 20.8 Å². The molecule has 23 heavy (non-hydrogen) atoms. The molecule has 1 aliphatic carbocycles. The molecule has 1 aliphatic heterocycles. The van der Waals surface area contributed by atoms with Crippen LogP contribution in [0.25, 0.3) is 0 Å². The highest BCUT2D eigenvalue weighted by atomic mass is 16.7. The van der Waals surface area contributed by atoms with E-state index in [4.69, 9.17) is 14.2 Å². The van der Waals surface area contributed by atoms with E-state index in [1.165, 1.54) is 6.42 Å². The third-order valence-corrected chi connectivity index (χ3v) is 4.64. The van der Waals surface area contributed by atoms with Crippen molar-refractivity contribution in [1.29, 1.82) is 0 Å². The number of ether oxygens (including phenoxy) is 3. The summed E-state index contributed by atoms with van der Waals surface area (Å²) >= 11 is 0. The molecule has 1 N–H and O–H groups in total. The van der Waals surface area contributed by atoms with E-state index in [2.05, 4.69) is 0 Å². The maximum absolute atomic E-state index is 9.73. The fourth-order valence-electron chi connectivity index (χ4n) is 2.87. The lowest BCUT2D eigenvalue weighted by atomic mass is 9.90. The summed E-state index contributed by atoms with van der Waals surface area (Å²) in [6.07, 6.45) is 4.92. The second-order valence-corrected chi connectivity index (χ2v) is 6.26. The molecule has 132 valence electrons. The second-order valence-electron chi connectivity index (χ2n) is 6.26. The van der Waals surface area contributed by atoms with E-state index in [1.54, 1.807) is 6.20 Å². The molecule has 0 aromatic carbocycles. The van der Waals surface area contributed by atoms with Gasteiger partial charge in [-0.3, -0.25) is 5.21 Å². The van der Waals surface area contributed by atoms with Crippen molar-refractivity contribution in [2.45, 2.75) is 60.7 Å². The van der Waals surface area contributed by atoms with Gasteiger partial charge in [-0.15, -0.1) is 0 Å². The maximum Gasteiger partial charge on any atom is 0.237 e. The predicted octanol–water partition coefficient (Wildman–Crippen LogP) is 3.33. The molecule has 0 bridgehead atoms. The zero-order valence-electron chi connectivity index (χ0n) is 13.0. The molecule has 5 nitrogen and oxygen atoms in total. The van der Waals surface area contributed by atoms with Crippen molar-refractivity contribution in [3.8, 4) is 5.75 Å². The van der Waals surface area contributed by atoms with Crippen LogP contribution in [0.2, 0.25) is 0 Å². The lowest BCUT2D eigenvalue weighted by Gasteiger charge is -2.45. The molecule has 0 radical (unpaired) electrons. The van der Waals surface area contributed by atoms with E-state index in [9.17, 15) is 5.21 Å². The Kier molecular flexibility index (Phi) is 6.42. The number of rotatable bonds is 3. The molecule has 0 atom stereocenters. The van der Waals surface area contributed by atoms with Gasteiger partial charge in [0.2, 0.25) is 11.9 Å². The summed E-state index contributed by atoms with van der Waals surface area (Å²) in [7, 11) is 0. The second kappa shape index (κ2) is 7.49. The third kappa shape index (κ3) is 3.78. The van der Waals surface area contributed by atoms with Crippen molar-refractivity contribution in [2.24, 2.45) is 5.92 Å². The summed E-state index contributed by atoms with van der Waals surface area (Å²) < 4.78 is 18.8. The van der Waals surface area contributed by atoms with Gasteiger partial charge >= 0.3 is 0 Å². The number of nitrogens with zero attached hydrogens (tertiary/aromatic N) is 1. The molecular weight excluding hydrogens is 294 g/mol. The smallest absolute Gasteiger partial charge is 0.237 e. The van der Waals surface area contributed by atoms with Gasteiger partial charge in [-0.05, 0) is 20.3 Å². The quantitative estimate of drug-likeness (QED) is 0.684. The van der Waals surface area contributed by atoms with Crippen molar-refractivity contribution in [3.05, 3.63) is 23.0 Å². The number of hydrogen-bond acceptors (Lipinski definition) is 4. The Morgan fingerprint density at radius 1 is 1.22 bits per heavy atom. The van der Waals surface area contributed by atoms with Gasteiger partial charge in [-0.25, -0.2) is 0 Å². The zero-order chi connectivity index (χ0) is 15.0. The topological polar surface area (TPSA) is 51.8 Å². The first kappa shape index (κ1) is 19.7. The molecule has 1 aromatic heterocycles. The summed E-state index contributed by atoms with van der Waals surface area (Å²) in [5.41, 5.74) is 2.68. The molecule has 1 spiro atoms. The molecule has 2 heterocycles. The number of aromatic nitrogens is 1. The Morgan fingerprint density at radius 2 is 1.83 bits per heavy atom. The average molecular weight is 326 g/mol. The van der Waals surface area contributed by atoms with E-state index in [0.717, 1.165) is 40.1 Å². The van der Waals surface area contributed by atoms with Crippen molar-refractivity contribution in [3.63, 3.8) is 0 Å². The van der Waals surface area contributed by atoms with Crippen LogP contribution < -0.4 is 9.47 Å². The monoisotopic (exact) mass is 326 g/mol. The van der Waals surface area contributed by atoms with Crippen LogP contribution >= 0.6 is 0 Å². The van der Waals surface area contributed by atoms with E-state index >= 15 is 0 Å². The first-order valence-electron chi connectivity index (χ1n) is 7.63. The fraction of sp³-hybridized carbons (Fsp3) is 0.722. The van der Waals surface area contributed by atoms with E-state index in [0.29, 0.717) is 19.8 Å². The molecule has 2 fully saturated rings. The number of hydrogen-bond donors (Lipinski definition) is 1. The lowest BCUT2D eigenvalue weighted by Crippen LogP contribution is -2.50. The summed E-state index contributed by atoms with van der Waals surface area (Å²) in [6.45, 7) is 7.74. The average Bonchev–Trinajstić information content (AvgIpc) is 2.44. The van der Waals surface area contributed by atoms with Crippen molar-refractivity contribution in [2.75, 3.05) is 19.8 Å². The summed E-state index contributed by atoms with van der Waals surface area (Å²) in [5, 5.41) is 9.73. The van der Waals surface area contributed by atoms with Gasteiger partial charge in [0.1, 0.15) is 5.75 Å². The van der Waals surface area contributed by atoms with Crippen LogP contribution in [0, 0.1) is 26.7 Å². The predicted molar refractivity (Wildman–Crippen MR) is 89.0 cm³/mol. The Bertz CT molecular complexity index is 530. The molecule has 0 unspecified atom stereocenters. The maximum atomic E-state index is 9.73. The molecule has 1 saturated heterocycles. The summed E-state index contributed by atoms with van der Waals surface area (Å²) in [5.74, 6) is 0.840. The van der Waals surface area contributed by atoms with Crippen LogP contribution in [0.3, 0.4) is 0 Å². The minimum absolute atomic E-state index is 0. The van der Waals surface area contributed by atoms with Crippen molar-refractivity contribution >= 4 is 0 Å². The van der Waals surface area contributed by atoms with Gasteiger partial charge < -0.3 is 14.2 Å². The molecule has 2 aliphatic rings. The van der Waals surface area contributed by atoms with Crippen LogP contribution in [-0.4, -0.2) is 30.8 Å². The lowest BCUT2D eigenvalue weighted by molar-refractivity contribution is -0.909. The summed E-state index contributed by atoms with van der Waals surface area (Å²) in [4.78, 5) is 0. The van der Waals surface area contributed by atoms with Gasteiger partial charge in [0.15, 0.2) is 5.79 Å². The number of pyridine rings is 1. The standard InChI is InChI=1S/C16H24NO4.2CH4/c1-11-7-17(18)13(3)12(2)15(11)19-8-14-9-20-16(21-10-14)5-4-6-16;;/h7,14,18H,4-6,8-10H2,1-3H3;2*1H4/q+1;;. The van der Waals surface area contributed by atoms with Crippen molar-refractivity contribution in [1.82, 2.24) is 0 Å².